The monoisotopic (exact) mass is 166 g/mol. The van der Waals surface area contributed by atoms with Crippen LogP contribution in [-0.2, 0) is 0 Å². The highest BCUT2D eigenvalue weighted by Crippen LogP contribution is 2.28. The smallest absolute Gasteiger partial charge is 0.141 e. The lowest BCUT2D eigenvalue weighted by Gasteiger charge is -2.09. The van der Waals surface area contributed by atoms with Crippen LogP contribution in [0.5, 0.6) is 0 Å². The Bertz CT molecular complexity index is 227. The fourth-order valence-corrected chi connectivity index (χ4v) is 1.19. The number of nitrogens with zero attached hydrogens (tertiary/aromatic N) is 2. The normalized spacial score (nSPS) is 19.4. The topological polar surface area (TPSA) is 53.6 Å². The molecule has 1 aliphatic rings. The number of aromatic amines is 1. The molecule has 0 saturated heterocycles. The first-order chi connectivity index (χ1) is 5.86. The second-order valence-electron chi connectivity index (χ2n) is 3.44. The van der Waals surface area contributed by atoms with Crippen LogP contribution in [0.4, 0.5) is 0 Å². The van der Waals surface area contributed by atoms with Crippen molar-refractivity contribution in [3.63, 3.8) is 0 Å². The molecular formula is C8H14N4. The van der Waals surface area contributed by atoms with Crippen LogP contribution in [0.15, 0.2) is 6.33 Å². The zero-order chi connectivity index (χ0) is 8.39. The Morgan fingerprint density at radius 2 is 2.58 bits per heavy atom. The van der Waals surface area contributed by atoms with Gasteiger partial charge in [0.25, 0.3) is 0 Å². The van der Waals surface area contributed by atoms with Gasteiger partial charge in [-0.15, -0.1) is 0 Å². The summed E-state index contributed by atoms with van der Waals surface area (Å²) >= 11 is 0. The molecule has 4 nitrogen and oxygen atoms in total. The number of H-pyrrole nitrogens is 1. The first-order valence-corrected chi connectivity index (χ1v) is 4.45. The molecule has 1 saturated carbocycles. The van der Waals surface area contributed by atoms with Gasteiger partial charge in [-0.2, -0.15) is 5.10 Å². The molecule has 2 N–H and O–H groups in total. The maximum Gasteiger partial charge on any atom is 0.141 e. The van der Waals surface area contributed by atoms with Gasteiger partial charge in [0.05, 0.1) is 6.04 Å². The Morgan fingerprint density at radius 3 is 3.17 bits per heavy atom. The van der Waals surface area contributed by atoms with E-state index in [9.17, 15) is 0 Å². The quantitative estimate of drug-likeness (QED) is 0.697. The standard InChI is InChI=1S/C8H14N4/c1-6(8-10-5-11-12-8)9-4-7-2-3-7/h5-7,9H,2-4H2,1H3,(H,10,11,12). The number of hydrogen-bond acceptors (Lipinski definition) is 3. The summed E-state index contributed by atoms with van der Waals surface area (Å²) in [6.07, 6.45) is 4.32. The van der Waals surface area contributed by atoms with Crippen molar-refractivity contribution in [1.29, 1.82) is 0 Å². The van der Waals surface area contributed by atoms with Gasteiger partial charge in [0.15, 0.2) is 0 Å². The zero-order valence-corrected chi connectivity index (χ0v) is 7.25. The third-order valence-corrected chi connectivity index (χ3v) is 2.25. The van der Waals surface area contributed by atoms with E-state index in [0.717, 1.165) is 18.3 Å². The average molecular weight is 166 g/mol. The number of aromatic nitrogens is 3. The van der Waals surface area contributed by atoms with E-state index in [1.54, 1.807) is 6.33 Å². The van der Waals surface area contributed by atoms with Crippen LogP contribution in [0.25, 0.3) is 0 Å². The molecule has 0 spiro atoms. The SMILES string of the molecule is CC(NCC1CC1)c1ncn[nH]1. The van der Waals surface area contributed by atoms with Crippen molar-refractivity contribution in [1.82, 2.24) is 20.5 Å². The van der Waals surface area contributed by atoms with Crippen LogP contribution >= 0.6 is 0 Å². The molecule has 0 aliphatic heterocycles. The van der Waals surface area contributed by atoms with Crippen molar-refractivity contribution in [3.8, 4) is 0 Å². The summed E-state index contributed by atoms with van der Waals surface area (Å²) in [5, 5.41) is 10.1. The van der Waals surface area contributed by atoms with Crippen LogP contribution in [0.2, 0.25) is 0 Å². The number of nitrogens with one attached hydrogen (secondary N) is 2. The lowest BCUT2D eigenvalue weighted by molar-refractivity contribution is 0.527. The van der Waals surface area contributed by atoms with E-state index < -0.39 is 0 Å². The van der Waals surface area contributed by atoms with E-state index in [0.29, 0.717) is 6.04 Å². The molecule has 12 heavy (non-hydrogen) atoms. The van der Waals surface area contributed by atoms with Gasteiger partial charge in [0, 0.05) is 0 Å². The van der Waals surface area contributed by atoms with Crippen molar-refractivity contribution in [2.24, 2.45) is 5.92 Å². The van der Waals surface area contributed by atoms with E-state index in [1.807, 2.05) is 0 Å². The minimum absolute atomic E-state index is 0.299. The van der Waals surface area contributed by atoms with Crippen LogP contribution < -0.4 is 5.32 Å². The first-order valence-electron chi connectivity index (χ1n) is 4.45. The van der Waals surface area contributed by atoms with Gasteiger partial charge >= 0.3 is 0 Å². The average Bonchev–Trinajstić information content (AvgIpc) is 2.74. The lowest BCUT2D eigenvalue weighted by atomic mass is 10.3. The highest BCUT2D eigenvalue weighted by molar-refractivity contribution is 4.89. The van der Waals surface area contributed by atoms with Gasteiger partial charge < -0.3 is 5.32 Å². The molecule has 1 atom stereocenters. The fraction of sp³-hybridized carbons (Fsp3) is 0.750. The second-order valence-corrected chi connectivity index (χ2v) is 3.44. The minimum atomic E-state index is 0.299. The van der Waals surface area contributed by atoms with Crippen molar-refractivity contribution in [2.75, 3.05) is 6.54 Å². The Labute approximate surface area is 71.8 Å². The summed E-state index contributed by atoms with van der Waals surface area (Å²) in [6, 6.07) is 0.299. The summed E-state index contributed by atoms with van der Waals surface area (Å²) in [5.41, 5.74) is 0. The summed E-state index contributed by atoms with van der Waals surface area (Å²) in [6.45, 7) is 3.21. The van der Waals surface area contributed by atoms with Gasteiger partial charge in [-0.1, -0.05) is 0 Å². The minimum Gasteiger partial charge on any atom is -0.307 e. The largest absolute Gasteiger partial charge is 0.307 e. The Balaban J connectivity index is 1.79. The van der Waals surface area contributed by atoms with Gasteiger partial charge in [-0.25, -0.2) is 4.98 Å². The highest BCUT2D eigenvalue weighted by atomic mass is 15.2. The molecule has 4 heteroatoms. The molecule has 2 rings (SSSR count). The van der Waals surface area contributed by atoms with Crippen LogP contribution in [0.3, 0.4) is 0 Å². The van der Waals surface area contributed by atoms with Crippen LogP contribution in [-0.4, -0.2) is 21.7 Å². The highest BCUT2D eigenvalue weighted by Gasteiger charge is 2.21. The van der Waals surface area contributed by atoms with Gasteiger partial charge in [0.1, 0.15) is 12.2 Å². The number of rotatable bonds is 4. The third-order valence-electron chi connectivity index (χ3n) is 2.25. The van der Waals surface area contributed by atoms with E-state index in [4.69, 9.17) is 0 Å². The van der Waals surface area contributed by atoms with Crippen molar-refractivity contribution in [3.05, 3.63) is 12.2 Å². The van der Waals surface area contributed by atoms with Crippen molar-refractivity contribution in [2.45, 2.75) is 25.8 Å². The van der Waals surface area contributed by atoms with E-state index in [-0.39, 0.29) is 0 Å². The molecule has 1 aromatic rings. The second kappa shape index (κ2) is 3.23. The Morgan fingerprint density at radius 1 is 1.75 bits per heavy atom. The van der Waals surface area contributed by atoms with Gasteiger partial charge in [-0.05, 0) is 32.2 Å². The first kappa shape index (κ1) is 7.73. The van der Waals surface area contributed by atoms with Crippen LogP contribution in [0.1, 0.15) is 31.6 Å². The Kier molecular flexibility index (Phi) is 2.08. The van der Waals surface area contributed by atoms with E-state index in [2.05, 4.69) is 27.4 Å². The molecule has 1 heterocycles. The van der Waals surface area contributed by atoms with Crippen LogP contribution in [0, 0.1) is 5.92 Å². The molecule has 0 radical (unpaired) electrons. The molecule has 0 bridgehead atoms. The molecule has 0 aromatic carbocycles. The zero-order valence-electron chi connectivity index (χ0n) is 7.25. The lowest BCUT2D eigenvalue weighted by Crippen LogP contribution is -2.21. The summed E-state index contributed by atoms with van der Waals surface area (Å²) in [7, 11) is 0. The predicted octanol–water partition coefficient (Wildman–Crippen LogP) is 0.865. The van der Waals surface area contributed by atoms with Gasteiger partial charge in [-0.3, -0.25) is 5.10 Å². The van der Waals surface area contributed by atoms with E-state index >= 15 is 0 Å². The molecular weight excluding hydrogens is 152 g/mol. The molecule has 1 fully saturated rings. The maximum absolute atomic E-state index is 4.09. The molecule has 66 valence electrons. The van der Waals surface area contributed by atoms with Gasteiger partial charge in [0.2, 0.25) is 0 Å². The molecule has 1 unspecified atom stereocenters. The molecule has 0 amide bonds. The molecule has 1 aliphatic carbocycles. The maximum atomic E-state index is 4.09. The molecule has 1 aromatic heterocycles. The van der Waals surface area contributed by atoms with Crippen molar-refractivity contribution < 1.29 is 0 Å². The fourth-order valence-electron chi connectivity index (χ4n) is 1.19. The summed E-state index contributed by atoms with van der Waals surface area (Å²) < 4.78 is 0. The number of hydrogen-bond donors (Lipinski definition) is 2. The summed E-state index contributed by atoms with van der Waals surface area (Å²) in [4.78, 5) is 4.09. The Hall–Kier alpha value is -0.900. The summed E-state index contributed by atoms with van der Waals surface area (Å²) in [5.74, 6) is 1.84. The van der Waals surface area contributed by atoms with Crippen molar-refractivity contribution >= 4 is 0 Å². The van der Waals surface area contributed by atoms with E-state index in [1.165, 1.54) is 12.8 Å². The third kappa shape index (κ3) is 1.82. The predicted molar refractivity (Wildman–Crippen MR) is 45.5 cm³/mol.